The number of benzene rings is 2. The summed E-state index contributed by atoms with van der Waals surface area (Å²) < 4.78 is 200. The van der Waals surface area contributed by atoms with Crippen molar-refractivity contribution < 1.29 is 79.9 Å². The molecule has 1 saturated carbocycles. The van der Waals surface area contributed by atoms with Gasteiger partial charge in [-0.15, -0.1) is 0 Å². The summed E-state index contributed by atoms with van der Waals surface area (Å²) in [6, 6.07) is 4.97. The van der Waals surface area contributed by atoms with Crippen molar-refractivity contribution in [2.45, 2.75) is 94.1 Å². The predicted octanol–water partition coefficient (Wildman–Crippen LogP) is 7.10. The van der Waals surface area contributed by atoms with E-state index < -0.39 is 164 Å². The van der Waals surface area contributed by atoms with E-state index in [-0.39, 0.29) is 48.2 Å². The van der Waals surface area contributed by atoms with Crippen LogP contribution in [0.2, 0.25) is 5.02 Å². The summed E-state index contributed by atoms with van der Waals surface area (Å²) in [5.74, 6) is -7.10. The average molecular weight is 1080 g/mol. The Hall–Kier alpha value is -6.27. The zero-order valence-electron chi connectivity index (χ0n) is 37.7. The second kappa shape index (κ2) is 19.3. The number of hydrogen-bond donors (Lipinski definition) is 2. The molecule has 2 amide bonds. The van der Waals surface area contributed by atoms with Crippen molar-refractivity contribution in [1.82, 2.24) is 34.2 Å². The molecule has 2 aliphatic carbocycles. The number of carbonyl (C=O) groups is 3. The number of hydrogen-bond acceptors (Lipinski definition) is 11. The van der Waals surface area contributed by atoms with E-state index in [4.69, 9.17) is 11.6 Å². The standard InChI is InChI=1S/C44H38ClF10N7O8S2/c1-41(2,72(4,68)69)12-11-24-5-6-25(26-7-8-29(45)36-31(58-61(38(26)36)20-42(48,49)50)18-62(71(66)67)33(64)9-10-34(65)70-3)37(56-24)30(15-21-13-22(46)16-23(47)14-21)57-32(63)19-60-40-35(39(59-60)44(53,54)55)27-17-28(27)43(40,51)52/h5-8,13-14,16,27-28,30,71H,9-10,15,17-20H2,1-4H3,(H,57,63)/t27-,28+,30?/m0/s1. The molecule has 7 rings (SSSR count). The van der Waals surface area contributed by atoms with Gasteiger partial charge < -0.3 is 10.1 Å². The van der Waals surface area contributed by atoms with Gasteiger partial charge in [-0.1, -0.05) is 23.6 Å². The molecule has 2 aliphatic rings. The molecule has 3 heterocycles. The van der Waals surface area contributed by atoms with Crippen LogP contribution in [-0.2, 0) is 78.0 Å². The van der Waals surface area contributed by atoms with Crippen molar-refractivity contribution in [3.8, 4) is 23.0 Å². The first kappa shape index (κ1) is 53.5. The molecule has 0 bridgehead atoms. The Morgan fingerprint density at radius 1 is 0.986 bits per heavy atom. The molecule has 0 spiro atoms. The topological polar surface area (TPSA) is 193 Å². The largest absolute Gasteiger partial charge is 0.469 e. The molecule has 3 aromatic heterocycles. The molecule has 72 heavy (non-hydrogen) atoms. The lowest BCUT2D eigenvalue weighted by atomic mass is 9.93. The van der Waals surface area contributed by atoms with Crippen molar-refractivity contribution in [3.05, 3.63) is 98.7 Å². The maximum atomic E-state index is 15.6. The molecule has 2 aromatic carbocycles. The van der Waals surface area contributed by atoms with Gasteiger partial charge in [0.2, 0.25) is 22.7 Å². The molecule has 1 fully saturated rings. The van der Waals surface area contributed by atoms with Gasteiger partial charge in [-0.2, -0.15) is 45.3 Å². The monoisotopic (exact) mass is 1080 g/mol. The smallest absolute Gasteiger partial charge is 0.435 e. The molecule has 28 heteroatoms. The molecule has 3 atom stereocenters. The third kappa shape index (κ3) is 11.0. The normalized spacial score (nSPS) is 16.7. The Morgan fingerprint density at radius 2 is 1.64 bits per heavy atom. The number of aromatic nitrogens is 5. The van der Waals surface area contributed by atoms with E-state index in [1.165, 1.54) is 26.0 Å². The Labute approximate surface area is 408 Å². The van der Waals surface area contributed by atoms with E-state index in [0.717, 1.165) is 37.6 Å². The Kier molecular flexibility index (Phi) is 14.3. The van der Waals surface area contributed by atoms with E-state index in [0.29, 0.717) is 10.7 Å². The van der Waals surface area contributed by atoms with E-state index in [9.17, 15) is 66.3 Å². The SMILES string of the molecule is COC(=O)CCC(=O)N(Cc1nn(CC(F)(F)F)c2c(-c3ccc(C#CC(C)(C)S(C)(=O)=O)nc3C(Cc3cc(F)cc(F)c3)NC(=O)Cn3nc(C(F)(F)F)c4c3C(F)(F)[C@@H]3C[C@H]43)ccc(Cl)c12)[SH](=O)=O. The van der Waals surface area contributed by atoms with Gasteiger partial charge in [-0.25, -0.2) is 34.9 Å². The van der Waals surface area contributed by atoms with E-state index in [1.807, 2.05) is 0 Å². The molecular formula is C44H38ClF10N7O8S2. The summed E-state index contributed by atoms with van der Waals surface area (Å²) >= 11 is 6.61. The summed E-state index contributed by atoms with van der Waals surface area (Å²) in [4.78, 5) is 43.5. The number of methoxy groups -OCH3 is 1. The molecule has 1 N–H and O–H groups in total. The number of halogens is 11. The number of amides is 2. The van der Waals surface area contributed by atoms with Crippen molar-refractivity contribution in [1.29, 1.82) is 0 Å². The number of sulfone groups is 1. The molecule has 0 radical (unpaired) electrons. The van der Waals surface area contributed by atoms with Crippen molar-refractivity contribution in [2.24, 2.45) is 5.92 Å². The van der Waals surface area contributed by atoms with Gasteiger partial charge in [0, 0.05) is 46.7 Å². The first-order valence-corrected chi connectivity index (χ1v) is 24.5. The molecule has 15 nitrogen and oxygen atoms in total. The van der Waals surface area contributed by atoms with Crippen LogP contribution >= 0.6 is 11.6 Å². The van der Waals surface area contributed by atoms with E-state index in [2.05, 4.69) is 37.1 Å². The lowest BCUT2D eigenvalue weighted by Gasteiger charge is -2.23. The molecule has 386 valence electrons. The van der Waals surface area contributed by atoms with Crippen LogP contribution in [0, 0.1) is 29.4 Å². The molecule has 1 unspecified atom stereocenters. The highest BCUT2D eigenvalue weighted by atomic mass is 35.5. The number of thiol groups is 1. The number of pyridine rings is 1. The van der Waals surface area contributed by atoms with Gasteiger partial charge in [-0.05, 0) is 74.4 Å². The number of esters is 1. The minimum Gasteiger partial charge on any atom is -0.469 e. The molecule has 0 aliphatic heterocycles. The Bertz CT molecular complexity index is 3280. The van der Waals surface area contributed by atoms with Gasteiger partial charge in [0.05, 0.1) is 48.0 Å². The summed E-state index contributed by atoms with van der Waals surface area (Å²) in [6.07, 6.45) is -11.7. The van der Waals surface area contributed by atoms with Gasteiger partial charge in [0.1, 0.15) is 40.9 Å². The number of carbonyl (C=O) groups excluding carboxylic acids is 3. The van der Waals surface area contributed by atoms with Crippen LogP contribution in [-0.4, -0.2) is 87.8 Å². The zero-order valence-corrected chi connectivity index (χ0v) is 40.2. The number of nitrogens with zero attached hydrogens (tertiary/aromatic N) is 6. The second-order valence-corrected chi connectivity index (χ2v) is 21.3. The first-order chi connectivity index (χ1) is 33.3. The van der Waals surface area contributed by atoms with Crippen molar-refractivity contribution >= 4 is 61.0 Å². The van der Waals surface area contributed by atoms with Crippen molar-refractivity contribution in [2.75, 3.05) is 13.4 Å². The fourth-order valence-corrected chi connectivity index (χ4v) is 9.31. The molecule has 5 aromatic rings. The third-order valence-corrected chi connectivity index (χ3v) is 15.0. The number of fused-ring (bicyclic) bond motifs is 4. The summed E-state index contributed by atoms with van der Waals surface area (Å²) in [7, 11) is -6.74. The van der Waals surface area contributed by atoms with Crippen molar-refractivity contribution in [3.63, 3.8) is 0 Å². The predicted molar refractivity (Wildman–Crippen MR) is 235 cm³/mol. The van der Waals surface area contributed by atoms with Gasteiger partial charge >= 0.3 is 18.3 Å². The Morgan fingerprint density at radius 3 is 2.24 bits per heavy atom. The summed E-state index contributed by atoms with van der Waals surface area (Å²) in [5.41, 5.74) is -6.08. The quantitative estimate of drug-likeness (QED) is 0.0471. The third-order valence-electron chi connectivity index (χ3n) is 12.0. The minimum atomic E-state index is -5.22. The number of ether oxygens (including phenoxy) is 1. The van der Waals surface area contributed by atoms with Gasteiger partial charge in [-0.3, -0.25) is 23.7 Å². The van der Waals surface area contributed by atoms with Crippen LogP contribution in [0.25, 0.3) is 22.0 Å². The van der Waals surface area contributed by atoms with Crippen LogP contribution in [0.3, 0.4) is 0 Å². The molecule has 0 saturated heterocycles. The minimum absolute atomic E-state index is 0.196. The molecular weight excluding hydrogens is 1040 g/mol. The van der Waals surface area contributed by atoms with Crippen LogP contribution in [0.15, 0.2) is 42.5 Å². The maximum absolute atomic E-state index is 15.6. The number of rotatable bonds is 15. The van der Waals surface area contributed by atoms with Crippen LogP contribution < -0.4 is 5.32 Å². The first-order valence-electron chi connectivity index (χ1n) is 21.1. The van der Waals surface area contributed by atoms with E-state index >= 15 is 8.78 Å². The van der Waals surface area contributed by atoms with Crippen LogP contribution in [0.4, 0.5) is 43.9 Å². The van der Waals surface area contributed by atoms with Gasteiger partial charge in [0.15, 0.2) is 15.5 Å². The highest BCUT2D eigenvalue weighted by Crippen LogP contribution is 2.68. The van der Waals surface area contributed by atoms with Gasteiger partial charge in [0.25, 0.3) is 5.92 Å². The zero-order chi connectivity index (χ0) is 53.2. The number of nitrogens with one attached hydrogen (secondary N) is 1. The van der Waals surface area contributed by atoms with Crippen LogP contribution in [0.5, 0.6) is 0 Å². The maximum Gasteiger partial charge on any atom is 0.435 e. The Balaban J connectivity index is 1.44. The fraction of sp³-hybridized carbons (Fsp3) is 0.409. The fourth-order valence-electron chi connectivity index (χ4n) is 8.28. The van der Waals surface area contributed by atoms with Crippen LogP contribution in [0.1, 0.15) is 84.7 Å². The lowest BCUT2D eigenvalue weighted by Crippen LogP contribution is -2.35. The average Bonchev–Trinajstić information content (AvgIpc) is 3.78. The summed E-state index contributed by atoms with van der Waals surface area (Å²) in [5, 5.41) is 9.10. The highest BCUT2D eigenvalue weighted by molar-refractivity contribution is 7.92. The summed E-state index contributed by atoms with van der Waals surface area (Å²) in [6.45, 7) is -1.74. The highest BCUT2D eigenvalue weighted by Gasteiger charge is 2.68. The van der Waals surface area contributed by atoms with E-state index in [1.54, 1.807) is 0 Å². The lowest BCUT2D eigenvalue weighted by molar-refractivity contribution is -0.143. The number of alkyl halides is 8. The second-order valence-electron chi connectivity index (χ2n) is 17.4.